The lowest BCUT2D eigenvalue weighted by molar-refractivity contribution is -0.139. The molecular formula is C25H25ClN4O2. The van der Waals surface area contributed by atoms with E-state index in [1.54, 1.807) is 12.3 Å². The maximum atomic E-state index is 12.5. The van der Waals surface area contributed by atoms with Crippen LogP contribution >= 0.6 is 11.6 Å². The van der Waals surface area contributed by atoms with E-state index in [-0.39, 0.29) is 12.6 Å². The van der Waals surface area contributed by atoms with Gasteiger partial charge in [-0.05, 0) is 40.8 Å². The van der Waals surface area contributed by atoms with Crippen LogP contribution in [0.4, 0.5) is 0 Å². The summed E-state index contributed by atoms with van der Waals surface area (Å²) in [6, 6.07) is 19.4. The minimum absolute atomic E-state index is 0.0858. The second-order valence-corrected chi connectivity index (χ2v) is 8.18. The summed E-state index contributed by atoms with van der Waals surface area (Å²) in [4.78, 5) is 31.4. The summed E-state index contributed by atoms with van der Waals surface area (Å²) in [5.74, 6) is -1.35. The van der Waals surface area contributed by atoms with E-state index in [4.69, 9.17) is 11.6 Å². The van der Waals surface area contributed by atoms with Crippen LogP contribution in [0.5, 0.6) is 0 Å². The van der Waals surface area contributed by atoms with Gasteiger partial charge in [0, 0.05) is 43.6 Å². The number of fused-ring (bicyclic) bond motifs is 1. The Morgan fingerprint density at radius 3 is 2.50 bits per heavy atom. The average Bonchev–Trinajstić information content (AvgIpc) is 2.84. The van der Waals surface area contributed by atoms with Crippen molar-refractivity contribution in [1.29, 1.82) is 0 Å². The van der Waals surface area contributed by atoms with Gasteiger partial charge in [-0.2, -0.15) is 0 Å². The molecule has 0 saturated carbocycles. The van der Waals surface area contributed by atoms with Crippen molar-refractivity contribution in [1.82, 2.24) is 20.5 Å². The molecule has 0 aliphatic carbocycles. The van der Waals surface area contributed by atoms with Gasteiger partial charge in [-0.3, -0.25) is 19.5 Å². The van der Waals surface area contributed by atoms with E-state index in [1.807, 2.05) is 42.6 Å². The van der Waals surface area contributed by atoms with Crippen LogP contribution in [0, 0.1) is 0 Å². The molecule has 2 N–H and O–H groups in total. The standard InChI is InChI=1S/C25H25ClN4O2/c26-22-10-4-3-7-19(22)15-28-24(31)25(32)29-16-23(20-9-5-12-27-14-20)30-13-11-18-6-1-2-8-21(18)17-30/h1-10,12,14,23H,11,13,15-17H2,(H,28,31)(H,29,32)/t23-/m1/s1. The Bertz CT molecular complexity index is 1090. The van der Waals surface area contributed by atoms with Crippen LogP contribution in [0.2, 0.25) is 5.02 Å². The first-order chi connectivity index (χ1) is 15.6. The molecule has 2 heterocycles. The number of amides is 2. The van der Waals surface area contributed by atoms with Gasteiger partial charge in [-0.1, -0.05) is 60.1 Å². The fourth-order valence-electron chi connectivity index (χ4n) is 3.98. The highest BCUT2D eigenvalue weighted by molar-refractivity contribution is 6.35. The first kappa shape index (κ1) is 22.0. The molecule has 1 aliphatic heterocycles. The smallest absolute Gasteiger partial charge is 0.309 e. The van der Waals surface area contributed by atoms with Crippen molar-refractivity contribution in [3.63, 3.8) is 0 Å². The predicted octanol–water partition coefficient (Wildman–Crippen LogP) is 3.27. The molecule has 32 heavy (non-hydrogen) atoms. The van der Waals surface area contributed by atoms with Gasteiger partial charge in [-0.25, -0.2) is 0 Å². The minimum atomic E-state index is -0.682. The van der Waals surface area contributed by atoms with Gasteiger partial charge in [0.25, 0.3) is 0 Å². The fraction of sp³-hybridized carbons (Fsp3) is 0.240. The summed E-state index contributed by atoms with van der Waals surface area (Å²) in [5.41, 5.74) is 4.41. The first-order valence-electron chi connectivity index (χ1n) is 10.6. The third-order valence-corrected chi connectivity index (χ3v) is 6.10. The summed E-state index contributed by atoms with van der Waals surface area (Å²) in [6.07, 6.45) is 4.49. The van der Waals surface area contributed by atoms with E-state index in [1.165, 1.54) is 11.1 Å². The van der Waals surface area contributed by atoms with Crippen molar-refractivity contribution >= 4 is 23.4 Å². The molecule has 2 aromatic carbocycles. The van der Waals surface area contributed by atoms with E-state index in [0.717, 1.165) is 30.6 Å². The summed E-state index contributed by atoms with van der Waals surface area (Å²) in [7, 11) is 0. The number of carbonyl (C=O) groups excluding carboxylic acids is 2. The van der Waals surface area contributed by atoms with Gasteiger partial charge >= 0.3 is 11.8 Å². The highest BCUT2D eigenvalue weighted by atomic mass is 35.5. The lowest BCUT2D eigenvalue weighted by atomic mass is 9.97. The number of hydrogen-bond donors (Lipinski definition) is 2. The number of carbonyl (C=O) groups is 2. The number of pyridine rings is 1. The van der Waals surface area contributed by atoms with Gasteiger partial charge in [0.15, 0.2) is 0 Å². The topological polar surface area (TPSA) is 74.3 Å². The zero-order valence-electron chi connectivity index (χ0n) is 17.6. The SMILES string of the molecule is O=C(NCc1ccccc1Cl)C(=O)NC[C@H](c1cccnc1)N1CCc2ccccc2C1. The Kier molecular flexibility index (Phi) is 7.14. The highest BCUT2D eigenvalue weighted by Gasteiger charge is 2.26. The van der Waals surface area contributed by atoms with Gasteiger partial charge in [-0.15, -0.1) is 0 Å². The second kappa shape index (κ2) is 10.4. The van der Waals surface area contributed by atoms with Crippen molar-refractivity contribution in [2.45, 2.75) is 25.6 Å². The normalized spacial score (nSPS) is 14.3. The third-order valence-electron chi connectivity index (χ3n) is 5.73. The van der Waals surface area contributed by atoms with Crippen LogP contribution in [0.1, 0.15) is 28.3 Å². The Labute approximate surface area is 192 Å². The van der Waals surface area contributed by atoms with E-state index >= 15 is 0 Å². The molecule has 4 rings (SSSR count). The molecule has 0 spiro atoms. The van der Waals surface area contributed by atoms with Crippen LogP contribution in [0.15, 0.2) is 73.1 Å². The lowest BCUT2D eigenvalue weighted by Gasteiger charge is -2.35. The van der Waals surface area contributed by atoms with Gasteiger partial charge in [0.1, 0.15) is 0 Å². The molecular weight excluding hydrogens is 424 g/mol. The molecule has 6 nitrogen and oxygen atoms in total. The number of nitrogens with zero attached hydrogens (tertiary/aromatic N) is 2. The maximum absolute atomic E-state index is 12.5. The van der Waals surface area contributed by atoms with Crippen LogP contribution in [0.25, 0.3) is 0 Å². The summed E-state index contributed by atoms with van der Waals surface area (Å²) >= 11 is 6.12. The third kappa shape index (κ3) is 5.33. The van der Waals surface area contributed by atoms with E-state index < -0.39 is 11.8 Å². The fourth-order valence-corrected chi connectivity index (χ4v) is 4.18. The Hall–Kier alpha value is -3.22. The number of aromatic nitrogens is 1. The second-order valence-electron chi connectivity index (χ2n) is 7.78. The lowest BCUT2D eigenvalue weighted by Crippen LogP contribution is -2.45. The van der Waals surface area contributed by atoms with Gasteiger partial charge < -0.3 is 10.6 Å². The molecule has 0 saturated heterocycles. The highest BCUT2D eigenvalue weighted by Crippen LogP contribution is 2.27. The molecule has 3 aromatic rings. The zero-order valence-corrected chi connectivity index (χ0v) is 18.4. The van der Waals surface area contributed by atoms with Crippen molar-refractivity contribution < 1.29 is 9.59 Å². The molecule has 7 heteroatoms. The average molecular weight is 449 g/mol. The molecule has 0 unspecified atom stereocenters. The Morgan fingerprint density at radius 1 is 0.969 bits per heavy atom. The van der Waals surface area contributed by atoms with Gasteiger partial charge in [0.2, 0.25) is 0 Å². The molecule has 1 aromatic heterocycles. The number of halogens is 1. The van der Waals surface area contributed by atoms with E-state index in [0.29, 0.717) is 11.6 Å². The van der Waals surface area contributed by atoms with Crippen molar-refractivity contribution in [2.24, 2.45) is 0 Å². The van der Waals surface area contributed by atoms with Crippen LogP contribution < -0.4 is 10.6 Å². The minimum Gasteiger partial charge on any atom is -0.346 e. The Balaban J connectivity index is 1.40. The van der Waals surface area contributed by atoms with Gasteiger partial charge in [0.05, 0.1) is 6.04 Å². The van der Waals surface area contributed by atoms with Crippen molar-refractivity contribution in [3.05, 3.63) is 100 Å². The number of hydrogen-bond acceptors (Lipinski definition) is 4. The summed E-state index contributed by atoms with van der Waals surface area (Å²) in [5, 5.41) is 5.99. The quantitative estimate of drug-likeness (QED) is 0.567. The van der Waals surface area contributed by atoms with Crippen LogP contribution in [0.3, 0.4) is 0 Å². The predicted molar refractivity (Wildman–Crippen MR) is 124 cm³/mol. The molecule has 1 atom stereocenters. The first-order valence-corrected chi connectivity index (χ1v) is 11.0. The molecule has 2 amide bonds. The number of nitrogens with one attached hydrogen (secondary N) is 2. The summed E-state index contributed by atoms with van der Waals surface area (Å²) in [6.45, 7) is 2.16. The molecule has 1 aliphatic rings. The Morgan fingerprint density at radius 2 is 1.72 bits per heavy atom. The monoisotopic (exact) mass is 448 g/mol. The molecule has 0 radical (unpaired) electrons. The largest absolute Gasteiger partial charge is 0.346 e. The summed E-state index contributed by atoms with van der Waals surface area (Å²) < 4.78 is 0. The molecule has 0 fully saturated rings. The van der Waals surface area contributed by atoms with E-state index in [9.17, 15) is 9.59 Å². The van der Waals surface area contributed by atoms with Crippen molar-refractivity contribution in [3.8, 4) is 0 Å². The van der Waals surface area contributed by atoms with Crippen LogP contribution in [-0.2, 0) is 29.1 Å². The number of benzene rings is 2. The van der Waals surface area contributed by atoms with Crippen LogP contribution in [-0.4, -0.2) is 34.8 Å². The molecule has 164 valence electrons. The molecule has 0 bridgehead atoms. The number of rotatable bonds is 6. The van der Waals surface area contributed by atoms with E-state index in [2.05, 4.69) is 38.7 Å². The van der Waals surface area contributed by atoms with Crippen molar-refractivity contribution in [2.75, 3.05) is 13.1 Å². The zero-order chi connectivity index (χ0) is 22.3. The maximum Gasteiger partial charge on any atom is 0.309 e.